The lowest BCUT2D eigenvalue weighted by Crippen LogP contribution is -2.38. The Balaban J connectivity index is 1.74. The fourth-order valence-electron chi connectivity index (χ4n) is 4.50. The molecule has 1 aliphatic carbocycles. The Hall–Kier alpha value is -2.54. The topological polar surface area (TPSA) is 125 Å². The number of nitrogens with one attached hydrogen (secondary N) is 2. The van der Waals surface area contributed by atoms with Gasteiger partial charge in [-0.25, -0.2) is 18.7 Å². The minimum Gasteiger partial charge on any atom is -0.390 e. The number of ether oxygens (including phenoxy) is 1. The van der Waals surface area contributed by atoms with Crippen molar-refractivity contribution >= 4 is 33.3 Å². The van der Waals surface area contributed by atoms with Crippen molar-refractivity contribution in [1.82, 2.24) is 19.9 Å². The van der Waals surface area contributed by atoms with Crippen molar-refractivity contribution in [2.45, 2.75) is 71.3 Å². The number of thiazole rings is 1. The number of rotatable bonds is 9. The van der Waals surface area contributed by atoms with Crippen LogP contribution in [-0.4, -0.2) is 73.6 Å². The van der Waals surface area contributed by atoms with E-state index < -0.39 is 30.1 Å². The number of halogens is 2. The number of nitrogens with zero attached hydrogens (tertiary/aromatic N) is 4. The highest BCUT2D eigenvalue weighted by atomic mass is 32.1. The molecule has 5 atom stereocenters. The van der Waals surface area contributed by atoms with Crippen LogP contribution in [0.3, 0.4) is 0 Å². The number of aromatic nitrogens is 4. The Labute approximate surface area is 212 Å². The fraction of sp³-hybridized carbons (Fsp3) is 0.583. The third-order valence-electron chi connectivity index (χ3n) is 6.40. The monoisotopic (exact) mass is 522 g/mol. The first-order valence-electron chi connectivity index (χ1n) is 12.0. The van der Waals surface area contributed by atoms with Crippen molar-refractivity contribution in [2.24, 2.45) is 5.92 Å². The molecule has 0 spiro atoms. The van der Waals surface area contributed by atoms with E-state index in [4.69, 9.17) is 9.72 Å². The highest BCUT2D eigenvalue weighted by Crippen LogP contribution is 2.41. The number of hydrogen-bond donors (Lipinski definition) is 4. The van der Waals surface area contributed by atoms with E-state index in [0.29, 0.717) is 41.2 Å². The molecule has 1 saturated carbocycles. The molecule has 0 aromatic carbocycles. The van der Waals surface area contributed by atoms with Gasteiger partial charge in [0, 0.05) is 18.8 Å². The van der Waals surface area contributed by atoms with Gasteiger partial charge < -0.3 is 25.6 Å². The van der Waals surface area contributed by atoms with Crippen LogP contribution in [0, 0.1) is 19.8 Å². The molecule has 12 heteroatoms. The van der Waals surface area contributed by atoms with Crippen molar-refractivity contribution in [1.29, 1.82) is 0 Å². The van der Waals surface area contributed by atoms with Crippen LogP contribution >= 0.6 is 11.3 Å². The van der Waals surface area contributed by atoms with Gasteiger partial charge in [0.15, 0.2) is 0 Å². The lowest BCUT2D eigenvalue weighted by molar-refractivity contribution is -0.0950. The first-order valence-corrected chi connectivity index (χ1v) is 12.8. The predicted molar refractivity (Wildman–Crippen MR) is 136 cm³/mol. The van der Waals surface area contributed by atoms with E-state index in [9.17, 15) is 19.0 Å². The van der Waals surface area contributed by atoms with Gasteiger partial charge in [-0.05, 0) is 47.1 Å². The van der Waals surface area contributed by atoms with Crippen molar-refractivity contribution in [3.05, 3.63) is 23.7 Å². The number of fused-ring (bicyclic) bond motifs is 1. The molecule has 4 N–H and O–H groups in total. The molecule has 9 nitrogen and oxygen atoms in total. The van der Waals surface area contributed by atoms with E-state index in [2.05, 4.69) is 25.6 Å². The van der Waals surface area contributed by atoms with E-state index >= 15 is 0 Å². The Kier molecular flexibility index (Phi) is 7.69. The number of aryl methyl sites for hydroxylation is 2. The van der Waals surface area contributed by atoms with Gasteiger partial charge in [-0.15, -0.1) is 11.3 Å². The van der Waals surface area contributed by atoms with Crippen LogP contribution in [0.25, 0.3) is 20.8 Å². The standard InChI is InChI=1S/C24H32F2N6O3S/c1-6-35-10-11(2)28-23-29-12(3)17(22-31-18-13(4)27-8-7-16(18)36-22)21(32-23)30-15-9-14(24(5,25)26)19(33)20(15)34/h7-8,11,14-15,19-20,33-34H,6,9-10H2,1-5H3,(H2,28,29,30,32)/t11-,14+,15-,19-,20+/m1/s1. The van der Waals surface area contributed by atoms with Gasteiger partial charge in [-0.1, -0.05) is 0 Å². The lowest BCUT2D eigenvalue weighted by atomic mass is 9.98. The largest absolute Gasteiger partial charge is 0.390 e. The van der Waals surface area contributed by atoms with Gasteiger partial charge in [0.05, 0.1) is 46.3 Å². The number of alkyl halides is 2. The molecule has 3 heterocycles. The molecule has 0 amide bonds. The first kappa shape index (κ1) is 26.5. The molecule has 0 unspecified atom stereocenters. The fourth-order valence-corrected chi connectivity index (χ4v) is 5.61. The third-order valence-corrected chi connectivity index (χ3v) is 7.44. The predicted octanol–water partition coefficient (Wildman–Crippen LogP) is 3.78. The smallest absolute Gasteiger partial charge is 0.250 e. The average Bonchev–Trinajstić information content (AvgIpc) is 3.35. The summed E-state index contributed by atoms with van der Waals surface area (Å²) in [4.78, 5) is 18.3. The maximum atomic E-state index is 14.1. The van der Waals surface area contributed by atoms with E-state index in [1.54, 1.807) is 6.20 Å². The second kappa shape index (κ2) is 10.4. The van der Waals surface area contributed by atoms with Crippen LogP contribution < -0.4 is 10.6 Å². The number of aliphatic hydroxyl groups excluding tert-OH is 2. The average molecular weight is 523 g/mol. The second-order valence-electron chi connectivity index (χ2n) is 9.35. The summed E-state index contributed by atoms with van der Waals surface area (Å²) in [6, 6.07) is 0.958. The van der Waals surface area contributed by atoms with E-state index in [1.165, 1.54) is 11.3 Å². The molecule has 196 valence electrons. The Bertz CT molecular complexity index is 1220. The van der Waals surface area contributed by atoms with Crippen LogP contribution in [0.4, 0.5) is 20.5 Å². The van der Waals surface area contributed by atoms with E-state index in [0.717, 1.165) is 22.8 Å². The summed E-state index contributed by atoms with van der Waals surface area (Å²) < 4.78 is 34.6. The molecule has 0 radical (unpaired) electrons. The molecular weight excluding hydrogens is 490 g/mol. The van der Waals surface area contributed by atoms with Crippen LogP contribution in [0.1, 0.15) is 38.6 Å². The number of aliphatic hydroxyl groups is 2. The molecule has 4 rings (SSSR count). The number of hydrogen-bond acceptors (Lipinski definition) is 10. The summed E-state index contributed by atoms with van der Waals surface area (Å²) in [5.41, 5.74) is 2.77. The van der Waals surface area contributed by atoms with Crippen molar-refractivity contribution < 1.29 is 23.7 Å². The molecule has 0 bridgehead atoms. The van der Waals surface area contributed by atoms with Crippen molar-refractivity contribution in [2.75, 3.05) is 23.8 Å². The molecule has 1 aliphatic rings. The SMILES string of the molecule is CCOC[C@@H](C)Nc1nc(C)c(-c2nc3c(C)nccc3s2)c(N[C@@H]2C[C@H](C(C)(F)F)[C@@H](O)[C@H]2O)n1. The lowest BCUT2D eigenvalue weighted by Gasteiger charge is -2.22. The second-order valence-corrected chi connectivity index (χ2v) is 10.4. The zero-order valence-electron chi connectivity index (χ0n) is 20.9. The number of pyridine rings is 1. The summed E-state index contributed by atoms with van der Waals surface area (Å²) in [6.07, 6.45) is -1.36. The Morgan fingerprint density at radius 3 is 2.58 bits per heavy atom. The number of anilines is 2. The summed E-state index contributed by atoms with van der Waals surface area (Å²) in [5.74, 6) is -3.85. The molecule has 0 saturated heterocycles. The quantitative estimate of drug-likeness (QED) is 0.332. The highest BCUT2D eigenvalue weighted by Gasteiger charge is 2.51. The minimum absolute atomic E-state index is 0.0821. The summed E-state index contributed by atoms with van der Waals surface area (Å²) in [5, 5.41) is 27.9. The van der Waals surface area contributed by atoms with E-state index in [1.807, 2.05) is 33.8 Å². The molecular formula is C24H32F2N6O3S. The van der Waals surface area contributed by atoms with Gasteiger partial charge in [0.2, 0.25) is 5.95 Å². The van der Waals surface area contributed by atoms with Crippen LogP contribution in [0.2, 0.25) is 0 Å². The van der Waals surface area contributed by atoms with Crippen LogP contribution in [0.15, 0.2) is 12.3 Å². The normalized spacial score (nSPS) is 23.2. The molecule has 36 heavy (non-hydrogen) atoms. The maximum Gasteiger partial charge on any atom is 0.250 e. The van der Waals surface area contributed by atoms with Crippen molar-refractivity contribution in [3.8, 4) is 10.6 Å². The maximum absolute atomic E-state index is 14.1. The van der Waals surface area contributed by atoms with Gasteiger partial charge in [-0.3, -0.25) is 4.98 Å². The van der Waals surface area contributed by atoms with Gasteiger partial charge >= 0.3 is 0 Å². The summed E-state index contributed by atoms with van der Waals surface area (Å²) in [6.45, 7) is 9.33. The molecule has 3 aromatic heterocycles. The minimum atomic E-state index is -3.14. The van der Waals surface area contributed by atoms with Gasteiger partial charge in [0.1, 0.15) is 22.4 Å². The Morgan fingerprint density at radius 2 is 1.94 bits per heavy atom. The zero-order valence-corrected chi connectivity index (χ0v) is 21.7. The first-order chi connectivity index (χ1) is 17.0. The van der Waals surface area contributed by atoms with E-state index in [-0.39, 0.29) is 12.5 Å². The summed E-state index contributed by atoms with van der Waals surface area (Å²) in [7, 11) is 0. The third kappa shape index (κ3) is 5.41. The van der Waals surface area contributed by atoms with Gasteiger partial charge in [0.25, 0.3) is 5.92 Å². The highest BCUT2D eigenvalue weighted by molar-refractivity contribution is 7.21. The molecule has 1 fully saturated rings. The summed E-state index contributed by atoms with van der Waals surface area (Å²) >= 11 is 1.44. The Morgan fingerprint density at radius 1 is 1.19 bits per heavy atom. The van der Waals surface area contributed by atoms with Crippen molar-refractivity contribution in [3.63, 3.8) is 0 Å². The molecule has 0 aliphatic heterocycles. The van der Waals surface area contributed by atoms with Crippen LogP contribution in [0.5, 0.6) is 0 Å². The van der Waals surface area contributed by atoms with Gasteiger partial charge in [-0.2, -0.15) is 4.98 Å². The van der Waals surface area contributed by atoms with Crippen LogP contribution in [-0.2, 0) is 4.74 Å². The molecule has 3 aromatic rings. The zero-order chi connectivity index (χ0) is 26.2.